The third-order valence-electron chi connectivity index (χ3n) is 1.45. The first-order valence-electron chi connectivity index (χ1n) is 3.49. The molecule has 1 rings (SSSR count). The normalized spacial score (nSPS) is 18.9. The molecule has 1 aliphatic heterocycles. The predicted molar refractivity (Wildman–Crippen MR) is 43.0 cm³/mol. The second-order valence-electron chi connectivity index (χ2n) is 2.25. The molecule has 0 atom stereocenters. The Kier molecular flexibility index (Phi) is 2.26. The van der Waals surface area contributed by atoms with Crippen LogP contribution in [0, 0.1) is 5.41 Å². The maximum absolute atomic E-state index is 7.44. The third-order valence-corrected chi connectivity index (χ3v) is 1.45. The van der Waals surface area contributed by atoms with Gasteiger partial charge in [-0.1, -0.05) is 12.2 Å². The Morgan fingerprint density at radius 1 is 1.70 bits per heavy atom. The number of amidine groups is 1. The van der Waals surface area contributed by atoms with Crippen molar-refractivity contribution in [2.75, 3.05) is 6.54 Å². The molecule has 0 aromatic heterocycles. The second-order valence-corrected chi connectivity index (χ2v) is 2.25. The van der Waals surface area contributed by atoms with Gasteiger partial charge in [-0.25, -0.2) is 0 Å². The zero-order valence-corrected chi connectivity index (χ0v) is 6.17. The highest BCUT2D eigenvalue weighted by Gasteiger charge is 2.04. The van der Waals surface area contributed by atoms with Gasteiger partial charge in [0.1, 0.15) is 5.84 Å². The summed E-state index contributed by atoms with van der Waals surface area (Å²) in [6.45, 7) is 2.91. The van der Waals surface area contributed by atoms with Crippen molar-refractivity contribution in [1.29, 1.82) is 5.41 Å². The van der Waals surface area contributed by atoms with Crippen molar-refractivity contribution in [3.8, 4) is 0 Å². The van der Waals surface area contributed by atoms with Crippen molar-refractivity contribution in [2.45, 2.75) is 13.3 Å². The van der Waals surface area contributed by atoms with Gasteiger partial charge in [-0.3, -0.25) is 5.41 Å². The summed E-state index contributed by atoms with van der Waals surface area (Å²) in [7, 11) is 0. The molecule has 54 valence electrons. The topological polar surface area (TPSA) is 27.1 Å². The lowest BCUT2D eigenvalue weighted by Crippen LogP contribution is -2.26. The highest BCUT2D eigenvalue weighted by molar-refractivity contribution is 5.91. The van der Waals surface area contributed by atoms with Gasteiger partial charge in [-0.2, -0.15) is 0 Å². The number of hydrogen-bond acceptors (Lipinski definition) is 1. The highest BCUT2D eigenvalue weighted by atomic mass is 15.1. The Balaban J connectivity index is 2.61. The largest absolute Gasteiger partial charge is 0.334 e. The lowest BCUT2D eigenvalue weighted by Gasteiger charge is -2.21. The average molecular weight is 136 g/mol. The first-order chi connectivity index (χ1) is 4.84. The van der Waals surface area contributed by atoms with Gasteiger partial charge in [-0.05, 0) is 19.4 Å². The Bertz CT molecular complexity index is 180. The van der Waals surface area contributed by atoms with Gasteiger partial charge < -0.3 is 4.90 Å². The van der Waals surface area contributed by atoms with Crippen molar-refractivity contribution in [1.82, 2.24) is 4.90 Å². The molecule has 0 bridgehead atoms. The van der Waals surface area contributed by atoms with E-state index in [1.807, 2.05) is 36.3 Å². The lowest BCUT2D eigenvalue weighted by atomic mass is 10.2. The molecule has 2 nitrogen and oxygen atoms in total. The van der Waals surface area contributed by atoms with Gasteiger partial charge in [0, 0.05) is 12.7 Å². The van der Waals surface area contributed by atoms with E-state index in [1.165, 1.54) is 0 Å². The summed E-state index contributed by atoms with van der Waals surface area (Å²) in [5, 5.41) is 7.44. The molecule has 0 aliphatic carbocycles. The number of rotatable bonds is 1. The first-order valence-corrected chi connectivity index (χ1v) is 3.49. The predicted octanol–water partition coefficient (Wildman–Crippen LogP) is 1.76. The molecule has 0 aromatic carbocycles. The molecule has 0 fully saturated rings. The number of allylic oxidation sites excluding steroid dienone is 1. The quantitative estimate of drug-likeness (QED) is 0.584. The molecule has 0 radical (unpaired) electrons. The van der Waals surface area contributed by atoms with Crippen LogP contribution in [0.25, 0.3) is 0 Å². The summed E-state index contributed by atoms with van der Waals surface area (Å²) < 4.78 is 0. The first kappa shape index (κ1) is 7.06. The van der Waals surface area contributed by atoms with Crippen LogP contribution in [-0.4, -0.2) is 17.3 Å². The summed E-state index contributed by atoms with van der Waals surface area (Å²) in [4.78, 5) is 1.93. The van der Waals surface area contributed by atoms with E-state index in [0.29, 0.717) is 5.84 Å². The number of hydrogen-bond donors (Lipinski definition) is 1. The van der Waals surface area contributed by atoms with Crippen LogP contribution in [0.3, 0.4) is 0 Å². The zero-order chi connectivity index (χ0) is 7.40. The molecule has 0 aromatic rings. The minimum Gasteiger partial charge on any atom is -0.334 e. The van der Waals surface area contributed by atoms with Gasteiger partial charge in [0.15, 0.2) is 0 Å². The average Bonchev–Trinajstić information content (AvgIpc) is 1.94. The highest BCUT2D eigenvalue weighted by Crippen LogP contribution is 2.02. The smallest absolute Gasteiger partial charge is 0.124 e. The van der Waals surface area contributed by atoms with E-state index in [2.05, 4.69) is 0 Å². The maximum Gasteiger partial charge on any atom is 0.124 e. The summed E-state index contributed by atoms with van der Waals surface area (Å²) in [5.74, 6) is 0.587. The Morgan fingerprint density at radius 2 is 2.50 bits per heavy atom. The molecule has 0 saturated heterocycles. The molecule has 1 heterocycles. The van der Waals surface area contributed by atoms with Gasteiger partial charge in [0.05, 0.1) is 0 Å². The minimum atomic E-state index is 0.587. The molecule has 0 spiro atoms. The van der Waals surface area contributed by atoms with Crippen LogP contribution in [0.4, 0.5) is 0 Å². The summed E-state index contributed by atoms with van der Waals surface area (Å²) in [5.41, 5.74) is 0. The molecule has 2 heteroatoms. The van der Waals surface area contributed by atoms with E-state index < -0.39 is 0 Å². The van der Waals surface area contributed by atoms with Crippen LogP contribution < -0.4 is 0 Å². The SMILES string of the molecule is C/C=C\N1CCC=CC1=N. The van der Waals surface area contributed by atoms with Crippen LogP contribution >= 0.6 is 0 Å². The van der Waals surface area contributed by atoms with Crippen LogP contribution in [0.15, 0.2) is 24.4 Å². The third kappa shape index (κ3) is 1.47. The van der Waals surface area contributed by atoms with E-state index in [0.717, 1.165) is 13.0 Å². The summed E-state index contributed by atoms with van der Waals surface area (Å²) in [6.07, 6.45) is 8.80. The number of nitrogens with one attached hydrogen (secondary N) is 1. The molecular formula is C8H12N2. The van der Waals surface area contributed by atoms with Crippen LogP contribution in [-0.2, 0) is 0 Å². The molecule has 0 amide bonds. The van der Waals surface area contributed by atoms with Gasteiger partial charge >= 0.3 is 0 Å². The van der Waals surface area contributed by atoms with Crippen molar-refractivity contribution in [3.05, 3.63) is 24.4 Å². The molecule has 0 saturated carbocycles. The standard InChI is InChI=1S/C8H12N2/c1-2-6-10-7-4-3-5-8(10)9/h2-3,5-6,9H,4,7H2,1H3/b6-2-,9-8?. The van der Waals surface area contributed by atoms with E-state index in [1.54, 1.807) is 0 Å². The second kappa shape index (κ2) is 3.20. The Hall–Kier alpha value is -1.05. The zero-order valence-electron chi connectivity index (χ0n) is 6.17. The van der Waals surface area contributed by atoms with Crippen LogP contribution in [0.5, 0.6) is 0 Å². The fourth-order valence-electron chi connectivity index (χ4n) is 0.960. The minimum absolute atomic E-state index is 0.587. The maximum atomic E-state index is 7.44. The van der Waals surface area contributed by atoms with Gasteiger partial charge in [0.2, 0.25) is 0 Å². The molecular weight excluding hydrogens is 124 g/mol. The van der Waals surface area contributed by atoms with Crippen LogP contribution in [0.2, 0.25) is 0 Å². The van der Waals surface area contributed by atoms with Gasteiger partial charge in [-0.15, -0.1) is 0 Å². The Labute approximate surface area is 61.4 Å². The van der Waals surface area contributed by atoms with Crippen molar-refractivity contribution < 1.29 is 0 Å². The molecule has 0 unspecified atom stereocenters. The van der Waals surface area contributed by atoms with Gasteiger partial charge in [0.25, 0.3) is 0 Å². The lowest BCUT2D eigenvalue weighted by molar-refractivity contribution is 0.552. The van der Waals surface area contributed by atoms with Crippen molar-refractivity contribution in [2.24, 2.45) is 0 Å². The fourth-order valence-corrected chi connectivity index (χ4v) is 0.960. The van der Waals surface area contributed by atoms with E-state index in [4.69, 9.17) is 5.41 Å². The molecule has 10 heavy (non-hydrogen) atoms. The fraction of sp³-hybridized carbons (Fsp3) is 0.375. The van der Waals surface area contributed by atoms with Crippen LogP contribution in [0.1, 0.15) is 13.3 Å². The Morgan fingerprint density at radius 3 is 3.10 bits per heavy atom. The van der Waals surface area contributed by atoms with Crippen molar-refractivity contribution >= 4 is 5.84 Å². The molecule has 1 aliphatic rings. The van der Waals surface area contributed by atoms with E-state index in [9.17, 15) is 0 Å². The summed E-state index contributed by atoms with van der Waals surface area (Å²) in [6, 6.07) is 0. The molecule has 1 N–H and O–H groups in total. The summed E-state index contributed by atoms with van der Waals surface area (Å²) >= 11 is 0. The van der Waals surface area contributed by atoms with E-state index in [-0.39, 0.29) is 0 Å². The number of nitrogens with zero attached hydrogens (tertiary/aromatic N) is 1. The van der Waals surface area contributed by atoms with Crippen molar-refractivity contribution in [3.63, 3.8) is 0 Å². The van der Waals surface area contributed by atoms with E-state index >= 15 is 0 Å². The monoisotopic (exact) mass is 136 g/mol.